The van der Waals surface area contributed by atoms with Gasteiger partial charge in [-0.15, -0.1) is 0 Å². The fourth-order valence-electron chi connectivity index (χ4n) is 1.49. The molecule has 0 bridgehead atoms. The average Bonchev–Trinajstić information content (AvgIpc) is 2.37. The second kappa shape index (κ2) is 5.52. The maximum absolute atomic E-state index is 12.0. The van der Waals surface area contributed by atoms with E-state index >= 15 is 0 Å². The quantitative estimate of drug-likeness (QED) is 0.824. The number of anilines is 1. The molecule has 0 aliphatic heterocycles. The van der Waals surface area contributed by atoms with Crippen LogP contribution in [-0.2, 0) is 7.05 Å². The van der Waals surface area contributed by atoms with Crippen LogP contribution in [0.25, 0.3) is 0 Å². The minimum absolute atomic E-state index is 0.206. The lowest BCUT2D eigenvalue weighted by Crippen LogP contribution is -2.23. The van der Waals surface area contributed by atoms with Crippen LogP contribution >= 0.6 is 22.6 Å². The molecule has 2 aromatic rings. The molecule has 0 fully saturated rings. The fraction of sp³-hybridized carbons (Fsp3) is 0.154. The van der Waals surface area contributed by atoms with Crippen LogP contribution in [0.5, 0.6) is 0 Å². The van der Waals surface area contributed by atoms with E-state index in [0.717, 1.165) is 13.8 Å². The van der Waals surface area contributed by atoms with E-state index in [-0.39, 0.29) is 17.2 Å². The summed E-state index contributed by atoms with van der Waals surface area (Å²) in [6.07, 6.45) is 0. The van der Waals surface area contributed by atoms with E-state index in [1.807, 2.05) is 25.1 Å². The van der Waals surface area contributed by atoms with Crippen LogP contribution in [0.15, 0.2) is 35.1 Å². The van der Waals surface area contributed by atoms with Gasteiger partial charge in [0.1, 0.15) is 5.69 Å². The molecule has 98 valence electrons. The summed E-state index contributed by atoms with van der Waals surface area (Å²) in [5.74, 6) is -0.338. The van der Waals surface area contributed by atoms with Gasteiger partial charge in [0, 0.05) is 22.4 Å². The molecule has 0 atom stereocenters. The third-order valence-electron chi connectivity index (χ3n) is 2.62. The Balaban J connectivity index is 2.22. The zero-order chi connectivity index (χ0) is 14.0. The number of rotatable bonds is 2. The van der Waals surface area contributed by atoms with Crippen LogP contribution in [-0.4, -0.2) is 15.7 Å². The molecule has 0 saturated heterocycles. The first-order valence-electron chi connectivity index (χ1n) is 5.59. The maximum atomic E-state index is 12.0. The first-order valence-corrected chi connectivity index (χ1v) is 6.67. The van der Waals surface area contributed by atoms with E-state index in [9.17, 15) is 9.59 Å². The summed E-state index contributed by atoms with van der Waals surface area (Å²) in [5.41, 5.74) is 1.81. The van der Waals surface area contributed by atoms with Crippen molar-refractivity contribution in [2.24, 2.45) is 7.05 Å². The first kappa shape index (κ1) is 13.7. The van der Waals surface area contributed by atoms with Gasteiger partial charge in [-0.1, -0.05) is 6.07 Å². The molecule has 0 saturated carbocycles. The van der Waals surface area contributed by atoms with Gasteiger partial charge in [-0.2, -0.15) is 5.10 Å². The highest BCUT2D eigenvalue weighted by atomic mass is 127. The molecule has 1 aromatic heterocycles. The Morgan fingerprint density at radius 3 is 2.68 bits per heavy atom. The van der Waals surface area contributed by atoms with Gasteiger partial charge in [-0.3, -0.25) is 9.59 Å². The predicted octanol–water partition coefficient (Wildman–Crippen LogP) is 1.95. The zero-order valence-electron chi connectivity index (χ0n) is 10.5. The van der Waals surface area contributed by atoms with Crippen molar-refractivity contribution >= 4 is 34.2 Å². The van der Waals surface area contributed by atoms with Gasteiger partial charge in [0.2, 0.25) is 0 Å². The van der Waals surface area contributed by atoms with Gasteiger partial charge in [-0.25, -0.2) is 4.68 Å². The van der Waals surface area contributed by atoms with E-state index in [4.69, 9.17) is 0 Å². The molecule has 1 aromatic carbocycles. The summed E-state index contributed by atoms with van der Waals surface area (Å²) in [4.78, 5) is 23.2. The smallest absolute Gasteiger partial charge is 0.276 e. The summed E-state index contributed by atoms with van der Waals surface area (Å²) in [6.45, 7) is 2.00. The fourth-order valence-corrected chi connectivity index (χ4v) is 2.00. The van der Waals surface area contributed by atoms with Crippen molar-refractivity contribution < 1.29 is 4.79 Å². The number of hydrogen-bond acceptors (Lipinski definition) is 3. The second-order valence-corrected chi connectivity index (χ2v) is 5.26. The van der Waals surface area contributed by atoms with Crippen LogP contribution < -0.4 is 10.9 Å². The highest BCUT2D eigenvalue weighted by Gasteiger charge is 2.09. The summed E-state index contributed by atoms with van der Waals surface area (Å²) < 4.78 is 2.21. The van der Waals surface area contributed by atoms with Gasteiger partial charge >= 0.3 is 0 Å². The van der Waals surface area contributed by atoms with E-state index in [1.165, 1.54) is 19.2 Å². The van der Waals surface area contributed by atoms with Crippen LogP contribution in [0.2, 0.25) is 0 Å². The molecule has 0 aliphatic rings. The van der Waals surface area contributed by atoms with E-state index < -0.39 is 0 Å². The van der Waals surface area contributed by atoms with Gasteiger partial charge in [-0.05, 0) is 53.3 Å². The van der Waals surface area contributed by atoms with Gasteiger partial charge in [0.15, 0.2) is 0 Å². The molecule has 5 nitrogen and oxygen atoms in total. The third-order valence-corrected chi connectivity index (χ3v) is 3.78. The lowest BCUT2D eigenvalue weighted by molar-refractivity contribution is 0.102. The number of benzene rings is 1. The van der Waals surface area contributed by atoms with Crippen molar-refractivity contribution in [2.45, 2.75) is 6.92 Å². The molecule has 0 aliphatic carbocycles. The third kappa shape index (κ3) is 3.19. The molecular formula is C13H12IN3O2. The molecular weight excluding hydrogens is 357 g/mol. The van der Waals surface area contributed by atoms with Crippen molar-refractivity contribution in [3.63, 3.8) is 0 Å². The molecule has 0 radical (unpaired) electrons. The number of halogens is 1. The molecule has 1 N–H and O–H groups in total. The number of nitrogens with one attached hydrogen (secondary N) is 1. The number of aromatic nitrogens is 2. The number of hydrogen-bond donors (Lipinski definition) is 1. The minimum Gasteiger partial charge on any atom is -0.321 e. The van der Waals surface area contributed by atoms with E-state index in [2.05, 4.69) is 33.0 Å². The van der Waals surface area contributed by atoms with Gasteiger partial charge in [0.25, 0.3) is 11.5 Å². The van der Waals surface area contributed by atoms with Gasteiger partial charge in [0.05, 0.1) is 0 Å². The number of aryl methyl sites for hydroxylation is 2. The summed E-state index contributed by atoms with van der Waals surface area (Å²) in [5, 5.41) is 6.65. The lowest BCUT2D eigenvalue weighted by atomic mass is 10.2. The Labute approximate surface area is 123 Å². The van der Waals surface area contributed by atoms with Crippen molar-refractivity contribution in [1.82, 2.24) is 9.78 Å². The lowest BCUT2D eigenvalue weighted by Gasteiger charge is -2.07. The predicted molar refractivity (Wildman–Crippen MR) is 81.3 cm³/mol. The number of carbonyl (C=O) groups is 1. The molecule has 1 heterocycles. The van der Waals surface area contributed by atoms with Crippen LogP contribution in [0.3, 0.4) is 0 Å². The summed E-state index contributed by atoms with van der Waals surface area (Å²) in [7, 11) is 1.51. The molecule has 0 spiro atoms. The van der Waals surface area contributed by atoms with Gasteiger partial charge < -0.3 is 5.32 Å². The summed E-state index contributed by atoms with van der Waals surface area (Å²) >= 11 is 2.21. The Morgan fingerprint density at radius 1 is 1.32 bits per heavy atom. The van der Waals surface area contributed by atoms with E-state index in [1.54, 1.807) is 0 Å². The van der Waals surface area contributed by atoms with Crippen LogP contribution in [0.1, 0.15) is 16.1 Å². The Bertz CT molecular complexity index is 695. The maximum Gasteiger partial charge on any atom is 0.276 e. The largest absolute Gasteiger partial charge is 0.321 e. The summed E-state index contributed by atoms with van der Waals surface area (Å²) in [6, 6.07) is 8.39. The number of carbonyl (C=O) groups excluding carboxylic acids is 1. The zero-order valence-corrected chi connectivity index (χ0v) is 12.6. The highest BCUT2D eigenvalue weighted by molar-refractivity contribution is 14.1. The normalized spacial score (nSPS) is 10.3. The second-order valence-electron chi connectivity index (χ2n) is 4.10. The van der Waals surface area contributed by atoms with Crippen molar-refractivity contribution in [3.8, 4) is 0 Å². The van der Waals surface area contributed by atoms with E-state index in [0.29, 0.717) is 5.69 Å². The van der Waals surface area contributed by atoms with Crippen LogP contribution in [0, 0.1) is 10.5 Å². The average molecular weight is 369 g/mol. The minimum atomic E-state index is -0.338. The number of amides is 1. The topological polar surface area (TPSA) is 64.0 Å². The Morgan fingerprint density at radius 2 is 2.05 bits per heavy atom. The Kier molecular flexibility index (Phi) is 3.98. The Hall–Kier alpha value is -1.70. The monoisotopic (exact) mass is 369 g/mol. The van der Waals surface area contributed by atoms with Crippen molar-refractivity contribution in [3.05, 3.63) is 55.5 Å². The molecule has 0 unspecified atom stereocenters. The standard InChI is InChI=1S/C13H12IN3O2/c1-8-3-4-9(7-10(8)14)15-13(19)11-5-6-12(18)17(2)16-11/h3-7H,1-2H3,(H,15,19). The first-order chi connectivity index (χ1) is 8.97. The highest BCUT2D eigenvalue weighted by Crippen LogP contribution is 2.17. The van der Waals surface area contributed by atoms with Crippen LogP contribution in [0.4, 0.5) is 5.69 Å². The SMILES string of the molecule is Cc1ccc(NC(=O)c2ccc(=O)n(C)n2)cc1I. The van der Waals surface area contributed by atoms with Crippen molar-refractivity contribution in [1.29, 1.82) is 0 Å². The van der Waals surface area contributed by atoms with Crippen molar-refractivity contribution in [2.75, 3.05) is 5.32 Å². The molecule has 19 heavy (non-hydrogen) atoms. The molecule has 1 amide bonds. The molecule has 2 rings (SSSR count). The molecule has 6 heteroatoms. The number of nitrogens with zero attached hydrogens (tertiary/aromatic N) is 2.